The Hall–Kier alpha value is -1.84. The van der Waals surface area contributed by atoms with Crippen LogP contribution in [0, 0.1) is 0 Å². The lowest BCUT2D eigenvalue weighted by atomic mass is 10.0. The molecule has 1 N–H and O–H groups in total. The number of nitrogens with zero attached hydrogens (tertiary/aromatic N) is 1. The van der Waals surface area contributed by atoms with E-state index in [1.807, 2.05) is 19.9 Å². The maximum Gasteiger partial charge on any atom is 0.250 e. The quantitative estimate of drug-likeness (QED) is 0.926. The molecule has 2 unspecified atom stereocenters. The van der Waals surface area contributed by atoms with Crippen LogP contribution in [0.1, 0.15) is 44.2 Å². The van der Waals surface area contributed by atoms with Crippen molar-refractivity contribution in [1.82, 2.24) is 5.32 Å². The first-order chi connectivity index (χ1) is 10.2. The van der Waals surface area contributed by atoms with Gasteiger partial charge in [-0.05, 0) is 55.4 Å². The van der Waals surface area contributed by atoms with Crippen molar-refractivity contribution in [3.05, 3.63) is 29.3 Å². The molecule has 21 heavy (non-hydrogen) atoms. The lowest BCUT2D eigenvalue weighted by Gasteiger charge is -2.38. The molecular weight excluding hydrogens is 264 g/mol. The first-order valence-corrected chi connectivity index (χ1v) is 7.91. The lowest BCUT2D eigenvalue weighted by Crippen LogP contribution is -2.63. The molecular formula is C17H22N2O2. The van der Waals surface area contributed by atoms with E-state index in [2.05, 4.69) is 17.4 Å². The van der Waals surface area contributed by atoms with Gasteiger partial charge in [0.15, 0.2) is 0 Å². The number of rotatable bonds is 3. The second-order valence-corrected chi connectivity index (χ2v) is 5.91. The highest BCUT2D eigenvalue weighted by Gasteiger charge is 2.39. The summed E-state index contributed by atoms with van der Waals surface area (Å²) in [7, 11) is 0. The molecule has 1 fully saturated rings. The number of anilines is 1. The Kier molecular flexibility index (Phi) is 3.70. The van der Waals surface area contributed by atoms with Gasteiger partial charge in [0.05, 0.1) is 0 Å². The molecule has 0 spiro atoms. The number of nitrogens with one attached hydrogen (secondary N) is 1. The highest BCUT2D eigenvalue weighted by molar-refractivity contribution is 6.08. The van der Waals surface area contributed by atoms with Crippen molar-refractivity contribution >= 4 is 17.5 Å². The third-order valence-electron chi connectivity index (χ3n) is 4.62. The summed E-state index contributed by atoms with van der Waals surface area (Å²) in [5.41, 5.74) is 3.59. The van der Waals surface area contributed by atoms with E-state index in [0.29, 0.717) is 12.8 Å². The molecule has 2 atom stereocenters. The van der Waals surface area contributed by atoms with Gasteiger partial charge in [0.2, 0.25) is 11.8 Å². The van der Waals surface area contributed by atoms with Crippen molar-refractivity contribution in [3.8, 4) is 0 Å². The second-order valence-electron chi connectivity index (χ2n) is 5.91. The number of carbonyl (C=O) groups is 2. The Balaban J connectivity index is 1.99. The molecule has 1 aromatic rings. The van der Waals surface area contributed by atoms with Crippen LogP contribution in [0.2, 0.25) is 0 Å². The topological polar surface area (TPSA) is 49.4 Å². The van der Waals surface area contributed by atoms with E-state index in [4.69, 9.17) is 0 Å². The molecule has 2 amide bonds. The maximum absolute atomic E-state index is 12.7. The molecule has 0 radical (unpaired) electrons. The molecule has 2 aliphatic rings. The van der Waals surface area contributed by atoms with E-state index in [1.165, 1.54) is 17.5 Å². The van der Waals surface area contributed by atoms with E-state index in [9.17, 15) is 9.59 Å². The van der Waals surface area contributed by atoms with Crippen LogP contribution in [-0.2, 0) is 22.4 Å². The Morgan fingerprint density at radius 3 is 2.62 bits per heavy atom. The first kappa shape index (κ1) is 14.1. The number of amides is 2. The molecule has 3 rings (SSSR count). The molecule has 1 aromatic carbocycles. The van der Waals surface area contributed by atoms with Crippen molar-refractivity contribution in [3.63, 3.8) is 0 Å². The molecule has 1 aliphatic heterocycles. The van der Waals surface area contributed by atoms with Crippen LogP contribution in [0.15, 0.2) is 18.2 Å². The van der Waals surface area contributed by atoms with Crippen LogP contribution in [0.5, 0.6) is 0 Å². The molecule has 0 aromatic heterocycles. The van der Waals surface area contributed by atoms with Crippen LogP contribution in [0.3, 0.4) is 0 Å². The summed E-state index contributed by atoms with van der Waals surface area (Å²) in [6.45, 7) is 3.88. The highest BCUT2D eigenvalue weighted by atomic mass is 16.2. The Labute approximate surface area is 125 Å². The Morgan fingerprint density at radius 1 is 1.14 bits per heavy atom. The minimum atomic E-state index is -0.395. The largest absolute Gasteiger partial charge is 0.342 e. The number of piperazine rings is 1. The maximum atomic E-state index is 12.7. The molecule has 1 heterocycles. The summed E-state index contributed by atoms with van der Waals surface area (Å²) in [6.07, 6.45) is 4.64. The summed E-state index contributed by atoms with van der Waals surface area (Å²) in [4.78, 5) is 26.6. The average molecular weight is 286 g/mol. The van der Waals surface area contributed by atoms with Gasteiger partial charge in [0.1, 0.15) is 12.1 Å². The molecule has 0 bridgehead atoms. The normalized spacial score (nSPS) is 25.0. The van der Waals surface area contributed by atoms with E-state index in [-0.39, 0.29) is 17.9 Å². The first-order valence-electron chi connectivity index (χ1n) is 7.91. The van der Waals surface area contributed by atoms with E-state index in [1.54, 1.807) is 4.90 Å². The van der Waals surface area contributed by atoms with Gasteiger partial charge in [-0.2, -0.15) is 0 Å². The van der Waals surface area contributed by atoms with Gasteiger partial charge in [-0.1, -0.05) is 19.9 Å². The molecule has 112 valence electrons. The van der Waals surface area contributed by atoms with Crippen molar-refractivity contribution in [1.29, 1.82) is 0 Å². The molecule has 4 heteroatoms. The zero-order valence-electron chi connectivity index (χ0n) is 12.7. The lowest BCUT2D eigenvalue weighted by molar-refractivity contribution is -0.134. The van der Waals surface area contributed by atoms with Crippen molar-refractivity contribution < 1.29 is 9.59 Å². The SMILES string of the molecule is CCC1NC(=O)C(CC)N(c2ccc3c(c2)CCC3)C1=O. The summed E-state index contributed by atoms with van der Waals surface area (Å²) < 4.78 is 0. The van der Waals surface area contributed by atoms with Gasteiger partial charge in [0, 0.05) is 5.69 Å². The van der Waals surface area contributed by atoms with Crippen molar-refractivity contribution in [2.75, 3.05) is 4.90 Å². The number of hydrogen-bond acceptors (Lipinski definition) is 2. The second kappa shape index (κ2) is 5.51. The minimum absolute atomic E-state index is 0.0156. The monoisotopic (exact) mass is 286 g/mol. The van der Waals surface area contributed by atoms with E-state index in [0.717, 1.165) is 18.5 Å². The van der Waals surface area contributed by atoms with Crippen LogP contribution in [0.25, 0.3) is 0 Å². The van der Waals surface area contributed by atoms with Gasteiger partial charge in [-0.25, -0.2) is 0 Å². The van der Waals surface area contributed by atoms with Gasteiger partial charge in [-0.3, -0.25) is 14.5 Å². The fourth-order valence-corrected chi connectivity index (χ4v) is 3.43. The smallest absolute Gasteiger partial charge is 0.250 e. The molecule has 1 saturated heterocycles. The number of hydrogen-bond donors (Lipinski definition) is 1. The zero-order valence-corrected chi connectivity index (χ0v) is 12.7. The fourth-order valence-electron chi connectivity index (χ4n) is 3.43. The van der Waals surface area contributed by atoms with E-state index >= 15 is 0 Å². The number of benzene rings is 1. The number of fused-ring (bicyclic) bond motifs is 1. The Morgan fingerprint density at radius 2 is 1.90 bits per heavy atom. The third kappa shape index (κ3) is 2.33. The predicted octanol–water partition coefficient (Wildman–Crippen LogP) is 2.20. The molecule has 4 nitrogen and oxygen atoms in total. The summed E-state index contributed by atoms with van der Waals surface area (Å²) in [6, 6.07) is 5.43. The standard InChI is InChI=1S/C17H22N2O2/c1-3-14-17(21)19(15(4-2)16(20)18-14)13-9-8-11-6-5-7-12(11)10-13/h8-10,14-15H,3-7H2,1-2H3,(H,18,20). The molecule has 0 saturated carbocycles. The van der Waals surface area contributed by atoms with Gasteiger partial charge in [-0.15, -0.1) is 0 Å². The van der Waals surface area contributed by atoms with Crippen LogP contribution in [0.4, 0.5) is 5.69 Å². The van der Waals surface area contributed by atoms with Gasteiger partial charge in [0.25, 0.3) is 0 Å². The number of aryl methyl sites for hydroxylation is 2. The van der Waals surface area contributed by atoms with E-state index < -0.39 is 6.04 Å². The van der Waals surface area contributed by atoms with Crippen molar-refractivity contribution in [2.45, 2.75) is 58.0 Å². The van der Waals surface area contributed by atoms with Crippen LogP contribution < -0.4 is 10.2 Å². The summed E-state index contributed by atoms with van der Waals surface area (Å²) in [5, 5.41) is 2.84. The summed E-state index contributed by atoms with van der Waals surface area (Å²) >= 11 is 0. The zero-order chi connectivity index (χ0) is 15.0. The molecule has 1 aliphatic carbocycles. The minimum Gasteiger partial charge on any atom is -0.342 e. The highest BCUT2D eigenvalue weighted by Crippen LogP contribution is 2.30. The Bertz CT molecular complexity index is 582. The predicted molar refractivity (Wildman–Crippen MR) is 82.3 cm³/mol. The van der Waals surface area contributed by atoms with Crippen LogP contribution in [-0.4, -0.2) is 23.9 Å². The number of carbonyl (C=O) groups excluding carboxylic acids is 2. The van der Waals surface area contributed by atoms with Gasteiger partial charge >= 0.3 is 0 Å². The fraction of sp³-hybridized carbons (Fsp3) is 0.529. The van der Waals surface area contributed by atoms with Crippen LogP contribution >= 0.6 is 0 Å². The third-order valence-corrected chi connectivity index (χ3v) is 4.62. The van der Waals surface area contributed by atoms with Gasteiger partial charge < -0.3 is 5.32 Å². The van der Waals surface area contributed by atoms with Crippen molar-refractivity contribution in [2.24, 2.45) is 0 Å². The summed E-state index contributed by atoms with van der Waals surface area (Å²) in [5.74, 6) is -0.0219. The average Bonchev–Trinajstić information content (AvgIpc) is 2.96.